The van der Waals surface area contributed by atoms with Crippen LogP contribution in [0.2, 0.25) is 5.02 Å². The van der Waals surface area contributed by atoms with Crippen LogP contribution in [-0.2, 0) is 9.59 Å². The van der Waals surface area contributed by atoms with Crippen LogP contribution in [0.3, 0.4) is 0 Å². The molecule has 1 heterocycles. The first-order valence-electron chi connectivity index (χ1n) is 6.54. The predicted octanol–water partition coefficient (Wildman–Crippen LogP) is 3.70. The molecule has 0 bridgehead atoms. The van der Waals surface area contributed by atoms with Gasteiger partial charge in [0.15, 0.2) is 0 Å². The zero-order valence-electron chi connectivity index (χ0n) is 11.6. The highest BCUT2D eigenvalue weighted by molar-refractivity contribution is 8.00. The summed E-state index contributed by atoms with van der Waals surface area (Å²) in [6.07, 6.45) is 0. The van der Waals surface area contributed by atoms with Gasteiger partial charge in [0.1, 0.15) is 11.0 Å². The van der Waals surface area contributed by atoms with Gasteiger partial charge in [-0.05, 0) is 35.9 Å². The van der Waals surface area contributed by atoms with Crippen molar-refractivity contribution in [2.24, 2.45) is 0 Å². The van der Waals surface area contributed by atoms with Crippen LogP contribution in [0.25, 0.3) is 0 Å². The number of anilines is 1. The predicted molar refractivity (Wildman–Crippen MR) is 86.7 cm³/mol. The Bertz CT molecular complexity index is 746. The summed E-state index contributed by atoms with van der Waals surface area (Å²) in [5, 5.41) is 2.58. The maximum Gasteiger partial charge on any atom is 0.293 e. The smallest absolute Gasteiger partial charge is 0.293 e. The molecule has 1 N–H and O–H groups in total. The molecule has 1 atom stereocenters. The van der Waals surface area contributed by atoms with Gasteiger partial charge in [0.2, 0.25) is 5.78 Å². The number of hydrogen-bond acceptors (Lipinski definition) is 4. The minimum atomic E-state index is -0.616. The number of Topliss-reactive ketones (excluding diaryl/α,β-unsaturated/α-hetero) is 1. The number of halogens is 1. The summed E-state index contributed by atoms with van der Waals surface area (Å²) in [5.41, 5.74) is 1.35. The van der Waals surface area contributed by atoms with Crippen molar-refractivity contribution in [3.63, 3.8) is 0 Å². The first-order chi connectivity index (χ1) is 10.6. The molecule has 1 unspecified atom stereocenters. The van der Waals surface area contributed by atoms with Crippen LogP contribution < -0.4 is 10.1 Å². The van der Waals surface area contributed by atoms with Gasteiger partial charge in [-0.15, -0.1) is 11.8 Å². The zero-order chi connectivity index (χ0) is 15.7. The third-order valence-corrected chi connectivity index (χ3v) is 4.87. The molecule has 22 heavy (non-hydrogen) atoms. The zero-order valence-corrected chi connectivity index (χ0v) is 13.2. The Morgan fingerprint density at radius 2 is 1.86 bits per heavy atom. The van der Waals surface area contributed by atoms with Crippen molar-refractivity contribution in [3.05, 3.63) is 53.1 Å². The number of ether oxygens (including phenoxy) is 1. The highest BCUT2D eigenvalue weighted by Gasteiger charge is 2.32. The van der Waals surface area contributed by atoms with Crippen molar-refractivity contribution in [2.75, 3.05) is 12.4 Å². The fraction of sp³-hybridized carbons (Fsp3) is 0.125. The standard InChI is InChI=1S/C16H12ClNO3S/c1-21-11-5-2-9(3-6-11)15-14(19)16(20)18-12-7-4-10(17)8-13(12)22-15/h2-8,15H,1H3,(H,18,20). The van der Waals surface area contributed by atoms with Crippen molar-refractivity contribution < 1.29 is 14.3 Å². The van der Waals surface area contributed by atoms with E-state index in [4.69, 9.17) is 16.3 Å². The molecule has 1 amide bonds. The fourth-order valence-corrected chi connectivity index (χ4v) is 3.62. The Hall–Kier alpha value is -1.98. The molecule has 0 spiro atoms. The SMILES string of the molecule is COc1ccc(C2Sc3cc(Cl)ccc3NC(=O)C2=O)cc1. The van der Waals surface area contributed by atoms with Crippen molar-refractivity contribution in [1.29, 1.82) is 0 Å². The highest BCUT2D eigenvalue weighted by Crippen LogP contribution is 2.43. The van der Waals surface area contributed by atoms with Crippen molar-refractivity contribution >= 4 is 40.7 Å². The number of nitrogens with one attached hydrogen (secondary N) is 1. The molecule has 1 aliphatic heterocycles. The number of fused-ring (bicyclic) bond motifs is 1. The number of thioether (sulfide) groups is 1. The largest absolute Gasteiger partial charge is 0.497 e. The van der Waals surface area contributed by atoms with E-state index < -0.39 is 16.9 Å². The van der Waals surface area contributed by atoms with E-state index in [-0.39, 0.29) is 0 Å². The number of amides is 1. The second kappa shape index (κ2) is 6.02. The normalized spacial score (nSPS) is 17.5. The fourth-order valence-electron chi connectivity index (χ4n) is 2.18. The van der Waals surface area contributed by atoms with Crippen LogP contribution in [0.1, 0.15) is 10.8 Å². The molecule has 0 aromatic heterocycles. The second-order valence-corrected chi connectivity index (χ2v) is 6.31. The lowest BCUT2D eigenvalue weighted by Crippen LogP contribution is -2.25. The van der Waals surface area contributed by atoms with E-state index >= 15 is 0 Å². The molecular weight excluding hydrogens is 322 g/mol. The van der Waals surface area contributed by atoms with Crippen molar-refractivity contribution in [2.45, 2.75) is 10.1 Å². The Morgan fingerprint density at radius 3 is 2.55 bits per heavy atom. The van der Waals surface area contributed by atoms with E-state index in [9.17, 15) is 9.59 Å². The van der Waals surface area contributed by atoms with Crippen molar-refractivity contribution in [3.8, 4) is 5.75 Å². The summed E-state index contributed by atoms with van der Waals surface area (Å²) in [7, 11) is 1.58. The van der Waals surface area contributed by atoms with Gasteiger partial charge in [0.05, 0.1) is 12.8 Å². The summed E-state index contributed by atoms with van der Waals surface area (Å²) in [6.45, 7) is 0. The van der Waals surface area contributed by atoms with Crippen LogP contribution >= 0.6 is 23.4 Å². The molecule has 1 aliphatic rings. The second-order valence-electron chi connectivity index (χ2n) is 4.73. The molecule has 0 radical (unpaired) electrons. The molecule has 112 valence electrons. The number of carbonyl (C=O) groups excluding carboxylic acids is 2. The monoisotopic (exact) mass is 333 g/mol. The minimum absolute atomic E-state index is 0.484. The van der Waals surface area contributed by atoms with Gasteiger partial charge in [-0.3, -0.25) is 9.59 Å². The number of hydrogen-bond donors (Lipinski definition) is 1. The van der Waals surface area contributed by atoms with Crippen LogP contribution in [0, 0.1) is 0 Å². The van der Waals surface area contributed by atoms with E-state index in [2.05, 4.69) is 5.32 Å². The molecule has 3 rings (SSSR count). The van der Waals surface area contributed by atoms with E-state index in [1.807, 2.05) is 0 Å². The third-order valence-electron chi connectivity index (χ3n) is 3.32. The average Bonchev–Trinajstić information content (AvgIpc) is 2.65. The van der Waals surface area contributed by atoms with Gasteiger partial charge in [0, 0.05) is 9.92 Å². The summed E-state index contributed by atoms with van der Waals surface area (Å²) < 4.78 is 5.11. The van der Waals surface area contributed by atoms with Crippen molar-refractivity contribution in [1.82, 2.24) is 0 Å². The highest BCUT2D eigenvalue weighted by atomic mass is 35.5. The van der Waals surface area contributed by atoms with E-state index in [0.29, 0.717) is 16.5 Å². The average molecular weight is 334 g/mol. The Balaban J connectivity index is 2.01. The van der Waals surface area contributed by atoms with Crippen LogP contribution in [-0.4, -0.2) is 18.8 Å². The summed E-state index contributed by atoms with van der Waals surface area (Å²) in [5.74, 6) is -0.403. The topological polar surface area (TPSA) is 55.4 Å². The number of ketones is 1. The molecular formula is C16H12ClNO3S. The molecule has 6 heteroatoms. The first-order valence-corrected chi connectivity index (χ1v) is 7.79. The Morgan fingerprint density at radius 1 is 1.14 bits per heavy atom. The lowest BCUT2D eigenvalue weighted by Gasteiger charge is -2.13. The molecule has 2 aromatic carbocycles. The van der Waals surface area contributed by atoms with Crippen LogP contribution in [0.15, 0.2) is 47.4 Å². The number of carbonyl (C=O) groups is 2. The molecule has 2 aromatic rings. The molecule has 0 saturated carbocycles. The molecule has 0 fully saturated rings. The van der Waals surface area contributed by atoms with Gasteiger partial charge >= 0.3 is 0 Å². The summed E-state index contributed by atoms with van der Waals surface area (Å²) in [6, 6.07) is 12.2. The third kappa shape index (κ3) is 2.82. The number of benzene rings is 2. The van der Waals surface area contributed by atoms with Gasteiger partial charge in [-0.2, -0.15) is 0 Å². The minimum Gasteiger partial charge on any atom is -0.497 e. The summed E-state index contributed by atoms with van der Waals surface area (Å²) >= 11 is 7.32. The van der Waals surface area contributed by atoms with E-state index in [1.54, 1.807) is 49.6 Å². The van der Waals surface area contributed by atoms with Gasteiger partial charge < -0.3 is 10.1 Å². The van der Waals surface area contributed by atoms with Crippen LogP contribution in [0.4, 0.5) is 5.69 Å². The lowest BCUT2D eigenvalue weighted by atomic mass is 10.1. The van der Waals surface area contributed by atoms with Crippen LogP contribution in [0.5, 0.6) is 5.75 Å². The maximum atomic E-state index is 12.4. The Kier molecular flexibility index (Phi) is 4.09. The molecule has 4 nitrogen and oxygen atoms in total. The summed E-state index contributed by atoms with van der Waals surface area (Å²) in [4.78, 5) is 25.2. The quantitative estimate of drug-likeness (QED) is 0.851. The molecule has 0 aliphatic carbocycles. The lowest BCUT2D eigenvalue weighted by molar-refractivity contribution is -0.134. The van der Waals surface area contributed by atoms with E-state index in [0.717, 1.165) is 10.5 Å². The number of rotatable bonds is 2. The number of methoxy groups -OCH3 is 1. The van der Waals surface area contributed by atoms with Gasteiger partial charge in [0.25, 0.3) is 5.91 Å². The molecule has 0 saturated heterocycles. The first kappa shape index (κ1) is 14.9. The maximum absolute atomic E-state index is 12.4. The van der Waals surface area contributed by atoms with Gasteiger partial charge in [-0.25, -0.2) is 0 Å². The van der Waals surface area contributed by atoms with Gasteiger partial charge in [-0.1, -0.05) is 23.7 Å². The van der Waals surface area contributed by atoms with E-state index in [1.165, 1.54) is 11.8 Å². The Labute approximate surface area is 136 Å².